The molecule has 0 amide bonds. The summed E-state index contributed by atoms with van der Waals surface area (Å²) in [7, 11) is 0. The Balaban J connectivity index is 2.40. The number of aryl methyl sites for hydroxylation is 2. The number of pyridine rings is 2. The second-order valence-corrected chi connectivity index (χ2v) is 5.28. The van der Waals surface area contributed by atoms with E-state index in [4.69, 9.17) is 0 Å². The summed E-state index contributed by atoms with van der Waals surface area (Å²) in [6, 6.07) is 12.7. The van der Waals surface area contributed by atoms with E-state index in [9.17, 15) is 0 Å². The summed E-state index contributed by atoms with van der Waals surface area (Å²) in [4.78, 5) is 9.22. The van der Waals surface area contributed by atoms with E-state index in [1.807, 2.05) is 24.5 Å². The molecule has 2 heteroatoms. The van der Waals surface area contributed by atoms with E-state index in [2.05, 4.69) is 48.1 Å². The fourth-order valence-electron chi connectivity index (χ4n) is 3.04. The predicted molar refractivity (Wildman–Crippen MR) is 84.0 cm³/mol. The molecule has 0 aliphatic rings. The molecule has 0 unspecified atom stereocenters. The Hall–Kier alpha value is -2.48. The largest absolute Gasteiger partial charge is 0.256 e. The molecule has 0 aliphatic heterocycles. The fraction of sp³-hybridized carbons (Fsp3) is 0.111. The van der Waals surface area contributed by atoms with E-state index in [0.29, 0.717) is 0 Å². The average molecular weight is 258 g/mol. The fourth-order valence-corrected chi connectivity index (χ4v) is 3.04. The maximum Gasteiger partial charge on any atom is 0.0804 e. The van der Waals surface area contributed by atoms with Crippen LogP contribution in [0.15, 0.2) is 48.8 Å². The Morgan fingerprint density at radius 1 is 0.750 bits per heavy atom. The number of nitrogens with zero attached hydrogens (tertiary/aromatic N) is 2. The highest BCUT2D eigenvalue weighted by atomic mass is 14.7. The number of hydrogen-bond donors (Lipinski definition) is 0. The van der Waals surface area contributed by atoms with E-state index in [0.717, 1.165) is 16.4 Å². The van der Waals surface area contributed by atoms with Crippen LogP contribution in [0.3, 0.4) is 0 Å². The molecule has 0 N–H and O–H groups in total. The minimum Gasteiger partial charge on any atom is -0.256 e. The van der Waals surface area contributed by atoms with Crippen LogP contribution in [0.1, 0.15) is 11.1 Å². The van der Waals surface area contributed by atoms with Gasteiger partial charge in [-0.3, -0.25) is 9.97 Å². The van der Waals surface area contributed by atoms with Gasteiger partial charge in [0.2, 0.25) is 0 Å². The third-order valence-electron chi connectivity index (χ3n) is 3.97. The Kier molecular flexibility index (Phi) is 2.27. The van der Waals surface area contributed by atoms with E-state index < -0.39 is 0 Å². The molecule has 96 valence electrons. The maximum atomic E-state index is 4.61. The second kappa shape index (κ2) is 4.01. The highest BCUT2D eigenvalue weighted by Crippen LogP contribution is 2.33. The van der Waals surface area contributed by atoms with Crippen molar-refractivity contribution in [3.8, 4) is 0 Å². The zero-order chi connectivity index (χ0) is 13.7. The molecular weight excluding hydrogens is 244 g/mol. The first-order chi connectivity index (χ1) is 9.75. The van der Waals surface area contributed by atoms with Crippen LogP contribution in [-0.4, -0.2) is 9.97 Å². The van der Waals surface area contributed by atoms with Crippen molar-refractivity contribution in [2.75, 3.05) is 0 Å². The molecule has 2 aromatic heterocycles. The van der Waals surface area contributed by atoms with Gasteiger partial charge in [0, 0.05) is 28.6 Å². The lowest BCUT2D eigenvalue weighted by Gasteiger charge is -2.10. The van der Waals surface area contributed by atoms with Gasteiger partial charge >= 0.3 is 0 Å². The molecule has 2 heterocycles. The molecule has 20 heavy (non-hydrogen) atoms. The first kappa shape index (κ1) is 11.4. The van der Waals surface area contributed by atoms with Crippen molar-refractivity contribution < 1.29 is 0 Å². The predicted octanol–water partition coefficient (Wildman–Crippen LogP) is 4.55. The van der Waals surface area contributed by atoms with Gasteiger partial charge in [-0.2, -0.15) is 0 Å². The summed E-state index contributed by atoms with van der Waals surface area (Å²) in [5.41, 5.74) is 4.61. The van der Waals surface area contributed by atoms with Gasteiger partial charge in [-0.15, -0.1) is 0 Å². The van der Waals surface area contributed by atoms with Gasteiger partial charge in [0.15, 0.2) is 0 Å². The minimum atomic E-state index is 1.05. The summed E-state index contributed by atoms with van der Waals surface area (Å²) in [6.45, 7) is 4.28. The Bertz CT molecular complexity index is 894. The van der Waals surface area contributed by atoms with Gasteiger partial charge in [0.05, 0.1) is 11.0 Å². The molecular formula is C18H14N2. The molecule has 0 saturated carbocycles. The lowest BCUT2D eigenvalue weighted by Crippen LogP contribution is -1.90. The third-order valence-corrected chi connectivity index (χ3v) is 3.97. The SMILES string of the molecule is Cc1cc2cc(C)c3cccnc3c2c2ncccc12. The van der Waals surface area contributed by atoms with E-state index in [-0.39, 0.29) is 0 Å². The summed E-state index contributed by atoms with van der Waals surface area (Å²) >= 11 is 0. The molecule has 2 aromatic carbocycles. The van der Waals surface area contributed by atoms with Gasteiger partial charge in [0.25, 0.3) is 0 Å². The highest BCUT2D eigenvalue weighted by molar-refractivity contribution is 6.18. The zero-order valence-corrected chi connectivity index (χ0v) is 11.5. The van der Waals surface area contributed by atoms with Crippen LogP contribution in [0, 0.1) is 13.8 Å². The molecule has 0 saturated heterocycles. The van der Waals surface area contributed by atoms with Gasteiger partial charge in [-0.05, 0) is 42.5 Å². The van der Waals surface area contributed by atoms with Crippen molar-refractivity contribution in [2.24, 2.45) is 0 Å². The van der Waals surface area contributed by atoms with Gasteiger partial charge in [-0.1, -0.05) is 24.3 Å². The smallest absolute Gasteiger partial charge is 0.0804 e. The van der Waals surface area contributed by atoms with Crippen LogP contribution in [-0.2, 0) is 0 Å². The minimum absolute atomic E-state index is 1.05. The van der Waals surface area contributed by atoms with Crippen molar-refractivity contribution in [3.05, 3.63) is 59.9 Å². The van der Waals surface area contributed by atoms with Crippen LogP contribution in [0.5, 0.6) is 0 Å². The summed E-state index contributed by atoms with van der Waals surface area (Å²) in [5.74, 6) is 0. The standard InChI is InChI=1S/C18H14N2/c1-11-9-13-10-12(2)15-6-4-8-20-18(15)16(13)17-14(11)5-3-7-19-17/h3-10H,1-2H3. The van der Waals surface area contributed by atoms with Crippen molar-refractivity contribution >= 4 is 32.6 Å². The number of aromatic nitrogens is 2. The van der Waals surface area contributed by atoms with E-state index in [1.54, 1.807) is 0 Å². The first-order valence-corrected chi connectivity index (χ1v) is 6.78. The van der Waals surface area contributed by atoms with Crippen LogP contribution in [0.4, 0.5) is 0 Å². The Morgan fingerprint density at radius 3 is 1.75 bits per heavy atom. The molecule has 0 aliphatic carbocycles. The molecule has 2 nitrogen and oxygen atoms in total. The monoisotopic (exact) mass is 258 g/mol. The molecule has 4 aromatic rings. The molecule has 0 bridgehead atoms. The Morgan fingerprint density at radius 2 is 1.25 bits per heavy atom. The van der Waals surface area contributed by atoms with Crippen molar-refractivity contribution in [1.29, 1.82) is 0 Å². The molecule has 0 fully saturated rings. The number of hydrogen-bond acceptors (Lipinski definition) is 2. The summed E-state index contributed by atoms with van der Waals surface area (Å²) < 4.78 is 0. The summed E-state index contributed by atoms with van der Waals surface area (Å²) in [5, 5.41) is 4.79. The van der Waals surface area contributed by atoms with Gasteiger partial charge < -0.3 is 0 Å². The normalized spacial score (nSPS) is 11.5. The number of fused-ring (bicyclic) bond motifs is 5. The van der Waals surface area contributed by atoms with Gasteiger partial charge in [-0.25, -0.2) is 0 Å². The van der Waals surface area contributed by atoms with Crippen LogP contribution < -0.4 is 0 Å². The lowest BCUT2D eigenvalue weighted by atomic mass is 9.96. The highest BCUT2D eigenvalue weighted by Gasteiger charge is 2.10. The molecule has 4 rings (SSSR count). The van der Waals surface area contributed by atoms with Crippen LogP contribution in [0.25, 0.3) is 32.6 Å². The van der Waals surface area contributed by atoms with Crippen molar-refractivity contribution in [3.63, 3.8) is 0 Å². The van der Waals surface area contributed by atoms with Crippen molar-refractivity contribution in [2.45, 2.75) is 13.8 Å². The second-order valence-electron chi connectivity index (χ2n) is 5.28. The number of rotatable bonds is 0. The zero-order valence-electron chi connectivity index (χ0n) is 11.5. The van der Waals surface area contributed by atoms with Crippen molar-refractivity contribution in [1.82, 2.24) is 9.97 Å². The molecule has 0 atom stereocenters. The topological polar surface area (TPSA) is 25.8 Å². The quantitative estimate of drug-likeness (QED) is 0.432. The number of benzene rings is 2. The lowest BCUT2D eigenvalue weighted by molar-refractivity contribution is 1.39. The van der Waals surface area contributed by atoms with Gasteiger partial charge in [0.1, 0.15) is 0 Å². The van der Waals surface area contributed by atoms with E-state index >= 15 is 0 Å². The van der Waals surface area contributed by atoms with Crippen LogP contribution in [0.2, 0.25) is 0 Å². The summed E-state index contributed by atoms with van der Waals surface area (Å²) in [6.07, 6.45) is 3.71. The Labute approximate surface area is 117 Å². The average Bonchev–Trinajstić information content (AvgIpc) is 2.47. The maximum absolute atomic E-state index is 4.61. The third kappa shape index (κ3) is 1.45. The first-order valence-electron chi connectivity index (χ1n) is 6.78. The molecule has 0 radical (unpaired) electrons. The van der Waals surface area contributed by atoms with Crippen LogP contribution >= 0.6 is 0 Å². The van der Waals surface area contributed by atoms with E-state index in [1.165, 1.54) is 27.3 Å². The molecule has 0 spiro atoms.